The van der Waals surface area contributed by atoms with Gasteiger partial charge in [-0.05, 0) is 24.3 Å². The van der Waals surface area contributed by atoms with Crippen molar-refractivity contribution in [1.29, 1.82) is 0 Å². The summed E-state index contributed by atoms with van der Waals surface area (Å²) >= 11 is 0. The van der Waals surface area contributed by atoms with Crippen LogP contribution in [0.4, 0.5) is 0 Å². The van der Waals surface area contributed by atoms with E-state index in [4.69, 9.17) is 4.74 Å². The first-order chi connectivity index (χ1) is 8.34. The average molecular weight is 234 g/mol. The molecule has 1 unspecified atom stereocenters. The summed E-state index contributed by atoms with van der Waals surface area (Å²) in [5.74, 6) is 0.604. The predicted molar refractivity (Wildman–Crippen MR) is 74.4 cm³/mol. The Morgan fingerprint density at radius 2 is 1.76 bits per heavy atom. The number of hydrogen-bond donors (Lipinski definition) is 0. The van der Waals surface area contributed by atoms with Crippen LogP contribution < -0.4 is 0 Å². The average Bonchev–Trinajstić information content (AvgIpc) is 2.38. The van der Waals surface area contributed by atoms with Gasteiger partial charge in [-0.1, -0.05) is 63.4 Å². The molecule has 0 saturated carbocycles. The van der Waals surface area contributed by atoms with Gasteiger partial charge < -0.3 is 4.74 Å². The summed E-state index contributed by atoms with van der Waals surface area (Å²) < 4.78 is 5.67. The molecule has 0 aliphatic carbocycles. The van der Waals surface area contributed by atoms with Gasteiger partial charge in [0.05, 0.1) is 0 Å². The standard InChI is InChI=1S/C16H26O/c1-3-4-5-9-13-17-14-12-15(2)16-10-7-6-8-11-16/h6-8,10-11,15H,3-5,9,12-14H2,1-2H3. The Labute approximate surface area is 106 Å². The largest absolute Gasteiger partial charge is 0.381 e. The molecule has 0 spiro atoms. The summed E-state index contributed by atoms with van der Waals surface area (Å²) in [5.41, 5.74) is 1.42. The van der Waals surface area contributed by atoms with Crippen molar-refractivity contribution in [3.8, 4) is 0 Å². The molecule has 1 aromatic carbocycles. The highest BCUT2D eigenvalue weighted by molar-refractivity contribution is 5.18. The smallest absolute Gasteiger partial charge is 0.0471 e. The van der Waals surface area contributed by atoms with E-state index in [1.807, 2.05) is 0 Å². The Morgan fingerprint density at radius 3 is 2.47 bits per heavy atom. The van der Waals surface area contributed by atoms with Crippen molar-refractivity contribution in [1.82, 2.24) is 0 Å². The van der Waals surface area contributed by atoms with Crippen LogP contribution in [0, 0.1) is 0 Å². The molecular weight excluding hydrogens is 208 g/mol. The van der Waals surface area contributed by atoms with Crippen molar-refractivity contribution in [2.24, 2.45) is 0 Å². The van der Waals surface area contributed by atoms with Gasteiger partial charge in [-0.25, -0.2) is 0 Å². The highest BCUT2D eigenvalue weighted by Crippen LogP contribution is 2.18. The number of rotatable bonds is 9. The number of unbranched alkanes of at least 4 members (excludes halogenated alkanes) is 3. The SMILES string of the molecule is CCCCCCOCCC(C)c1ccccc1. The number of hydrogen-bond acceptors (Lipinski definition) is 1. The molecule has 0 aromatic heterocycles. The molecule has 0 bridgehead atoms. The van der Waals surface area contributed by atoms with Gasteiger partial charge in [0.1, 0.15) is 0 Å². The van der Waals surface area contributed by atoms with E-state index in [9.17, 15) is 0 Å². The van der Waals surface area contributed by atoms with E-state index in [1.165, 1.54) is 31.2 Å². The van der Waals surface area contributed by atoms with Gasteiger partial charge in [0.2, 0.25) is 0 Å². The van der Waals surface area contributed by atoms with Crippen LogP contribution in [0.2, 0.25) is 0 Å². The molecule has 0 fully saturated rings. The fourth-order valence-electron chi connectivity index (χ4n) is 1.94. The molecule has 1 nitrogen and oxygen atoms in total. The fourth-order valence-corrected chi connectivity index (χ4v) is 1.94. The zero-order valence-electron chi connectivity index (χ0n) is 11.3. The first-order valence-corrected chi connectivity index (χ1v) is 6.97. The molecule has 0 aliphatic rings. The lowest BCUT2D eigenvalue weighted by atomic mass is 9.98. The number of benzene rings is 1. The monoisotopic (exact) mass is 234 g/mol. The van der Waals surface area contributed by atoms with Gasteiger partial charge in [-0.15, -0.1) is 0 Å². The van der Waals surface area contributed by atoms with E-state index in [2.05, 4.69) is 44.2 Å². The molecule has 0 aliphatic heterocycles. The van der Waals surface area contributed by atoms with Crippen molar-refractivity contribution < 1.29 is 4.74 Å². The highest BCUT2D eigenvalue weighted by Gasteiger charge is 2.03. The van der Waals surface area contributed by atoms with Crippen molar-refractivity contribution in [3.05, 3.63) is 35.9 Å². The minimum atomic E-state index is 0.604. The molecular formula is C16H26O. The van der Waals surface area contributed by atoms with Gasteiger partial charge in [0, 0.05) is 13.2 Å². The molecule has 0 amide bonds. The van der Waals surface area contributed by atoms with Crippen molar-refractivity contribution >= 4 is 0 Å². The van der Waals surface area contributed by atoms with E-state index >= 15 is 0 Å². The lowest BCUT2D eigenvalue weighted by Crippen LogP contribution is -2.02. The summed E-state index contributed by atoms with van der Waals surface area (Å²) in [6.45, 7) is 6.34. The lowest BCUT2D eigenvalue weighted by molar-refractivity contribution is 0.124. The van der Waals surface area contributed by atoms with Crippen LogP contribution in [0.5, 0.6) is 0 Å². The highest BCUT2D eigenvalue weighted by atomic mass is 16.5. The third kappa shape index (κ3) is 6.48. The van der Waals surface area contributed by atoms with E-state index in [-0.39, 0.29) is 0 Å². The van der Waals surface area contributed by atoms with Crippen molar-refractivity contribution in [2.45, 2.75) is 51.9 Å². The maximum atomic E-state index is 5.67. The number of ether oxygens (including phenoxy) is 1. The Bertz CT molecular complexity index is 268. The third-order valence-corrected chi connectivity index (χ3v) is 3.21. The molecule has 1 aromatic rings. The Hall–Kier alpha value is -0.820. The summed E-state index contributed by atoms with van der Waals surface area (Å²) in [7, 11) is 0. The van der Waals surface area contributed by atoms with Crippen LogP contribution in [0.3, 0.4) is 0 Å². The summed E-state index contributed by atoms with van der Waals surface area (Å²) in [6.07, 6.45) is 6.28. The fraction of sp³-hybridized carbons (Fsp3) is 0.625. The summed E-state index contributed by atoms with van der Waals surface area (Å²) in [5, 5.41) is 0. The second-order valence-corrected chi connectivity index (χ2v) is 4.77. The van der Waals surface area contributed by atoms with Crippen LogP contribution >= 0.6 is 0 Å². The van der Waals surface area contributed by atoms with Crippen LogP contribution in [0.1, 0.15) is 57.4 Å². The zero-order valence-corrected chi connectivity index (χ0v) is 11.3. The van der Waals surface area contributed by atoms with E-state index in [1.54, 1.807) is 0 Å². The normalized spacial score (nSPS) is 12.6. The summed E-state index contributed by atoms with van der Waals surface area (Å²) in [6, 6.07) is 10.7. The van der Waals surface area contributed by atoms with Crippen LogP contribution in [0.25, 0.3) is 0 Å². The molecule has 0 N–H and O–H groups in total. The maximum absolute atomic E-state index is 5.67. The molecule has 1 atom stereocenters. The molecule has 0 radical (unpaired) electrons. The first-order valence-electron chi connectivity index (χ1n) is 6.97. The molecule has 1 rings (SSSR count). The minimum Gasteiger partial charge on any atom is -0.381 e. The Balaban J connectivity index is 2.03. The molecule has 1 heteroatoms. The Morgan fingerprint density at radius 1 is 1.00 bits per heavy atom. The van der Waals surface area contributed by atoms with Gasteiger partial charge in [0.25, 0.3) is 0 Å². The van der Waals surface area contributed by atoms with E-state index in [0.717, 1.165) is 19.6 Å². The maximum Gasteiger partial charge on any atom is 0.0471 e. The molecule has 0 heterocycles. The third-order valence-electron chi connectivity index (χ3n) is 3.21. The molecule has 17 heavy (non-hydrogen) atoms. The lowest BCUT2D eigenvalue weighted by Gasteiger charge is -2.11. The second-order valence-electron chi connectivity index (χ2n) is 4.77. The zero-order chi connectivity index (χ0) is 12.3. The molecule has 96 valence electrons. The van der Waals surface area contributed by atoms with E-state index < -0.39 is 0 Å². The second kappa shape index (κ2) is 9.23. The predicted octanol–water partition coefficient (Wildman–Crippen LogP) is 4.78. The van der Waals surface area contributed by atoms with Crippen LogP contribution in [0.15, 0.2) is 30.3 Å². The van der Waals surface area contributed by atoms with Gasteiger partial charge in [-0.3, -0.25) is 0 Å². The minimum absolute atomic E-state index is 0.604. The van der Waals surface area contributed by atoms with Gasteiger partial charge in [-0.2, -0.15) is 0 Å². The van der Waals surface area contributed by atoms with Crippen LogP contribution in [-0.2, 0) is 4.74 Å². The van der Waals surface area contributed by atoms with Crippen molar-refractivity contribution in [2.75, 3.05) is 13.2 Å². The quantitative estimate of drug-likeness (QED) is 0.559. The van der Waals surface area contributed by atoms with Gasteiger partial charge in [0.15, 0.2) is 0 Å². The van der Waals surface area contributed by atoms with Crippen molar-refractivity contribution in [3.63, 3.8) is 0 Å². The van der Waals surface area contributed by atoms with Gasteiger partial charge >= 0.3 is 0 Å². The first kappa shape index (κ1) is 14.2. The van der Waals surface area contributed by atoms with Crippen LogP contribution in [-0.4, -0.2) is 13.2 Å². The Kier molecular flexibility index (Phi) is 7.74. The topological polar surface area (TPSA) is 9.23 Å². The van der Waals surface area contributed by atoms with E-state index in [0.29, 0.717) is 5.92 Å². The summed E-state index contributed by atoms with van der Waals surface area (Å²) in [4.78, 5) is 0. The molecule has 0 saturated heterocycles.